The Morgan fingerprint density at radius 3 is 1.74 bits per heavy atom. The summed E-state index contributed by atoms with van der Waals surface area (Å²) in [5.41, 5.74) is 10.1. The van der Waals surface area contributed by atoms with Crippen molar-refractivity contribution in [2.24, 2.45) is 0 Å². The molecule has 0 aliphatic carbocycles. The number of para-hydroxylation sites is 2. The lowest BCUT2D eigenvalue weighted by Crippen LogP contribution is -2.06. The largest absolute Gasteiger partial charge is 0.456 e. The third kappa shape index (κ3) is 4.60. The summed E-state index contributed by atoms with van der Waals surface area (Å²) < 4.78 is 8.55. The van der Waals surface area contributed by atoms with E-state index >= 15 is 0 Å². The van der Waals surface area contributed by atoms with Gasteiger partial charge in [0.05, 0.1) is 16.4 Å². The molecule has 7 aromatic carbocycles. The van der Waals surface area contributed by atoms with E-state index in [9.17, 15) is 0 Å². The van der Waals surface area contributed by atoms with Gasteiger partial charge in [0.2, 0.25) is 5.95 Å². The molecule has 50 heavy (non-hydrogen) atoms. The summed E-state index contributed by atoms with van der Waals surface area (Å²) in [6.45, 7) is 0. The zero-order valence-corrected chi connectivity index (χ0v) is 26.9. The van der Waals surface area contributed by atoms with Gasteiger partial charge in [0.15, 0.2) is 11.6 Å². The van der Waals surface area contributed by atoms with Gasteiger partial charge in [-0.25, -0.2) is 4.98 Å². The highest BCUT2D eigenvalue weighted by Gasteiger charge is 2.22. The lowest BCUT2D eigenvalue weighted by Gasteiger charge is -2.12. The summed E-state index contributed by atoms with van der Waals surface area (Å²) >= 11 is 0. The van der Waals surface area contributed by atoms with E-state index in [2.05, 4.69) is 150 Å². The SMILES string of the molecule is c1ccc(-c2ccc(-c3nc(-c4cccc(-c5ccccc5)c4)nc(-n4c5ccccc5c5ccc6oc7ccccc7c6c54)n3)cc2)cc1. The molecule has 0 saturated carbocycles. The second-order valence-corrected chi connectivity index (χ2v) is 12.5. The van der Waals surface area contributed by atoms with Gasteiger partial charge >= 0.3 is 0 Å². The van der Waals surface area contributed by atoms with Gasteiger partial charge in [0.1, 0.15) is 11.2 Å². The van der Waals surface area contributed by atoms with E-state index < -0.39 is 0 Å². The normalized spacial score (nSPS) is 11.6. The third-order valence-corrected chi connectivity index (χ3v) is 9.48. The molecule has 0 fully saturated rings. The van der Waals surface area contributed by atoms with Gasteiger partial charge < -0.3 is 4.42 Å². The molecule has 0 atom stereocenters. The van der Waals surface area contributed by atoms with Crippen LogP contribution in [0.5, 0.6) is 0 Å². The molecule has 0 N–H and O–H groups in total. The zero-order chi connectivity index (χ0) is 33.0. The molecule has 234 valence electrons. The van der Waals surface area contributed by atoms with Gasteiger partial charge in [0.25, 0.3) is 0 Å². The minimum absolute atomic E-state index is 0.547. The zero-order valence-electron chi connectivity index (χ0n) is 26.9. The van der Waals surface area contributed by atoms with Crippen LogP contribution in [0.15, 0.2) is 174 Å². The summed E-state index contributed by atoms with van der Waals surface area (Å²) in [5.74, 6) is 1.75. The van der Waals surface area contributed by atoms with Crippen molar-refractivity contribution in [3.63, 3.8) is 0 Å². The predicted octanol–water partition coefficient (Wildman–Crippen LogP) is 11.5. The molecule has 0 radical (unpaired) electrons. The summed E-state index contributed by atoms with van der Waals surface area (Å²) in [4.78, 5) is 15.6. The number of hydrogen-bond acceptors (Lipinski definition) is 4. The van der Waals surface area contributed by atoms with Crippen molar-refractivity contribution in [2.45, 2.75) is 0 Å². The van der Waals surface area contributed by atoms with Crippen LogP contribution in [-0.2, 0) is 0 Å². The third-order valence-electron chi connectivity index (χ3n) is 9.48. The van der Waals surface area contributed by atoms with Crippen LogP contribution in [0, 0.1) is 0 Å². The highest BCUT2D eigenvalue weighted by atomic mass is 16.3. The van der Waals surface area contributed by atoms with Crippen LogP contribution in [0.4, 0.5) is 0 Å². The fraction of sp³-hybridized carbons (Fsp3) is 0. The highest BCUT2D eigenvalue weighted by Crippen LogP contribution is 2.40. The topological polar surface area (TPSA) is 56.7 Å². The number of benzene rings is 7. The van der Waals surface area contributed by atoms with Crippen molar-refractivity contribution in [3.05, 3.63) is 170 Å². The molecular weight excluding hydrogens is 613 g/mol. The van der Waals surface area contributed by atoms with Gasteiger partial charge in [-0.2, -0.15) is 9.97 Å². The summed E-state index contributed by atoms with van der Waals surface area (Å²) in [7, 11) is 0. The van der Waals surface area contributed by atoms with E-state index in [1.54, 1.807) is 0 Å². The molecule has 0 saturated heterocycles. The minimum Gasteiger partial charge on any atom is -0.456 e. The number of hydrogen-bond donors (Lipinski definition) is 0. The second kappa shape index (κ2) is 11.4. The van der Waals surface area contributed by atoms with Crippen molar-refractivity contribution in [3.8, 4) is 51.0 Å². The fourth-order valence-electron chi connectivity index (χ4n) is 7.11. The first kappa shape index (κ1) is 28.2. The monoisotopic (exact) mass is 640 g/mol. The van der Waals surface area contributed by atoms with Crippen LogP contribution in [0.1, 0.15) is 0 Å². The molecule has 5 nitrogen and oxygen atoms in total. The Morgan fingerprint density at radius 1 is 0.380 bits per heavy atom. The number of rotatable bonds is 5. The van der Waals surface area contributed by atoms with Gasteiger partial charge in [-0.1, -0.05) is 140 Å². The molecule has 5 heteroatoms. The van der Waals surface area contributed by atoms with Crippen LogP contribution in [0.3, 0.4) is 0 Å². The van der Waals surface area contributed by atoms with Crippen molar-refractivity contribution in [2.75, 3.05) is 0 Å². The molecule has 0 unspecified atom stereocenters. The van der Waals surface area contributed by atoms with Gasteiger partial charge in [-0.15, -0.1) is 0 Å². The molecule has 0 aliphatic heterocycles. The van der Waals surface area contributed by atoms with Crippen LogP contribution < -0.4 is 0 Å². The minimum atomic E-state index is 0.547. The molecule has 3 heterocycles. The van der Waals surface area contributed by atoms with E-state index in [1.165, 1.54) is 0 Å². The molecule has 3 aromatic heterocycles. The average molecular weight is 641 g/mol. The Labute approximate surface area is 287 Å². The molecule has 0 amide bonds. The van der Waals surface area contributed by atoms with E-state index in [0.29, 0.717) is 17.6 Å². The Morgan fingerprint density at radius 2 is 0.960 bits per heavy atom. The Kier molecular flexibility index (Phi) is 6.42. The van der Waals surface area contributed by atoms with Crippen LogP contribution >= 0.6 is 0 Å². The van der Waals surface area contributed by atoms with Crippen molar-refractivity contribution in [1.29, 1.82) is 0 Å². The van der Waals surface area contributed by atoms with Gasteiger partial charge in [-0.05, 0) is 52.6 Å². The Balaban J connectivity index is 1.25. The lowest BCUT2D eigenvalue weighted by molar-refractivity contribution is 0.669. The number of furan rings is 1. The van der Waals surface area contributed by atoms with Crippen molar-refractivity contribution < 1.29 is 4.42 Å². The number of fused-ring (bicyclic) bond motifs is 7. The maximum Gasteiger partial charge on any atom is 0.238 e. The molecule has 0 spiro atoms. The fourth-order valence-corrected chi connectivity index (χ4v) is 7.11. The van der Waals surface area contributed by atoms with Crippen LogP contribution in [0.2, 0.25) is 0 Å². The number of aromatic nitrogens is 4. The van der Waals surface area contributed by atoms with Crippen LogP contribution in [-0.4, -0.2) is 19.5 Å². The Hall–Kier alpha value is -6.85. The van der Waals surface area contributed by atoms with E-state index in [4.69, 9.17) is 19.4 Å². The molecule has 10 rings (SSSR count). The summed E-state index contributed by atoms with van der Waals surface area (Å²) in [5, 5.41) is 4.33. The van der Waals surface area contributed by atoms with Crippen molar-refractivity contribution >= 4 is 43.7 Å². The molecule has 0 bridgehead atoms. The first-order chi connectivity index (χ1) is 24.8. The van der Waals surface area contributed by atoms with E-state index in [0.717, 1.165) is 77.1 Å². The van der Waals surface area contributed by atoms with Gasteiger partial charge in [-0.3, -0.25) is 4.57 Å². The maximum atomic E-state index is 6.37. The van der Waals surface area contributed by atoms with Crippen LogP contribution in [0.25, 0.3) is 94.7 Å². The van der Waals surface area contributed by atoms with Crippen molar-refractivity contribution in [1.82, 2.24) is 19.5 Å². The molecule has 10 aromatic rings. The Bertz CT molecular complexity index is 2850. The lowest BCUT2D eigenvalue weighted by atomic mass is 10.0. The van der Waals surface area contributed by atoms with E-state index in [1.807, 2.05) is 24.3 Å². The summed E-state index contributed by atoms with van der Waals surface area (Å²) in [6, 6.07) is 58.5. The maximum absolute atomic E-state index is 6.37. The number of nitrogens with zero attached hydrogens (tertiary/aromatic N) is 4. The molecular formula is C45H28N4O. The first-order valence-electron chi connectivity index (χ1n) is 16.7. The first-order valence-corrected chi connectivity index (χ1v) is 16.7. The predicted molar refractivity (Wildman–Crippen MR) is 203 cm³/mol. The van der Waals surface area contributed by atoms with E-state index in [-0.39, 0.29) is 0 Å². The summed E-state index contributed by atoms with van der Waals surface area (Å²) in [6.07, 6.45) is 0. The molecule has 0 aliphatic rings. The van der Waals surface area contributed by atoms with Gasteiger partial charge in [0, 0.05) is 27.3 Å². The standard InChI is InChI=1S/C45H28N4O/c1-3-12-29(13-4-1)31-22-24-32(25-23-31)43-46-44(34-17-11-16-33(28-34)30-14-5-2-6-15-30)48-45(47-43)49-38-20-9-7-18-35(38)36-26-27-40-41(42(36)49)37-19-8-10-21-39(37)50-40/h1-28H. The smallest absolute Gasteiger partial charge is 0.238 e. The highest BCUT2D eigenvalue weighted by molar-refractivity contribution is 6.24. The quantitative estimate of drug-likeness (QED) is 0.188. The second-order valence-electron chi connectivity index (χ2n) is 12.5. The average Bonchev–Trinajstić information content (AvgIpc) is 3.74.